The van der Waals surface area contributed by atoms with Crippen LogP contribution in [0.15, 0.2) is 53.6 Å². The number of nitrogens with zero attached hydrogens (tertiary/aromatic N) is 2. The van der Waals surface area contributed by atoms with Crippen LogP contribution in [0.4, 0.5) is 0 Å². The minimum atomic E-state index is -0.275. The molecule has 2 N–H and O–H groups in total. The van der Waals surface area contributed by atoms with Gasteiger partial charge < -0.3 is 9.67 Å². The smallest absolute Gasteiger partial charge is 0.271 e. The zero-order valence-electron chi connectivity index (χ0n) is 15.9. The first kappa shape index (κ1) is 18.5. The third-order valence-electron chi connectivity index (χ3n) is 4.53. The van der Waals surface area contributed by atoms with Gasteiger partial charge in [-0.05, 0) is 86.8 Å². The molecule has 2 aromatic carbocycles. The van der Waals surface area contributed by atoms with Crippen LogP contribution in [0.1, 0.15) is 38.4 Å². The quantitative estimate of drug-likeness (QED) is 0.541. The number of phenolic OH excluding ortho intramolecular Hbond substituents is 1. The number of hydrogen-bond donors (Lipinski definition) is 2. The second kappa shape index (κ2) is 7.50. The summed E-state index contributed by atoms with van der Waals surface area (Å²) in [5.41, 5.74) is 8.62. The highest BCUT2D eigenvalue weighted by atomic mass is 16.3. The van der Waals surface area contributed by atoms with E-state index in [1.807, 2.05) is 70.2 Å². The third-order valence-corrected chi connectivity index (χ3v) is 4.53. The molecule has 1 heterocycles. The van der Waals surface area contributed by atoms with Crippen molar-refractivity contribution < 1.29 is 9.90 Å². The molecule has 0 spiro atoms. The summed E-state index contributed by atoms with van der Waals surface area (Å²) in [7, 11) is 0. The molecule has 0 radical (unpaired) electrons. The average molecular weight is 361 g/mol. The SMILES string of the molecule is Cc1cc(/C=N/NC(=O)c2cccc(-n3c(C)ccc3C)c2)cc(C)c1O. The molecule has 0 saturated heterocycles. The minimum Gasteiger partial charge on any atom is -0.507 e. The van der Waals surface area contributed by atoms with E-state index < -0.39 is 0 Å². The van der Waals surface area contributed by atoms with Gasteiger partial charge in [-0.25, -0.2) is 5.43 Å². The van der Waals surface area contributed by atoms with E-state index in [1.165, 1.54) is 0 Å². The van der Waals surface area contributed by atoms with Crippen LogP contribution >= 0.6 is 0 Å². The van der Waals surface area contributed by atoms with Crippen molar-refractivity contribution in [2.75, 3.05) is 0 Å². The fourth-order valence-corrected chi connectivity index (χ4v) is 3.16. The van der Waals surface area contributed by atoms with E-state index in [-0.39, 0.29) is 11.7 Å². The number of phenols is 1. The van der Waals surface area contributed by atoms with Crippen LogP contribution < -0.4 is 5.43 Å². The van der Waals surface area contributed by atoms with Crippen molar-refractivity contribution in [1.29, 1.82) is 0 Å². The van der Waals surface area contributed by atoms with Crippen LogP contribution in [0.25, 0.3) is 5.69 Å². The number of hydrazone groups is 1. The van der Waals surface area contributed by atoms with Gasteiger partial charge in [0.1, 0.15) is 5.75 Å². The predicted molar refractivity (Wildman–Crippen MR) is 108 cm³/mol. The van der Waals surface area contributed by atoms with E-state index in [0.29, 0.717) is 5.56 Å². The maximum atomic E-state index is 12.4. The van der Waals surface area contributed by atoms with Gasteiger partial charge in [-0.3, -0.25) is 4.79 Å². The predicted octanol–water partition coefficient (Wildman–Crippen LogP) is 4.18. The molecule has 5 nitrogen and oxygen atoms in total. The van der Waals surface area contributed by atoms with Crippen molar-refractivity contribution in [3.05, 3.63) is 82.2 Å². The Morgan fingerprint density at radius 2 is 1.63 bits per heavy atom. The Kier molecular flexibility index (Phi) is 5.12. The van der Waals surface area contributed by atoms with Crippen LogP contribution in [-0.4, -0.2) is 21.8 Å². The number of amides is 1. The molecule has 1 aromatic heterocycles. The monoisotopic (exact) mass is 361 g/mol. The second-order valence-electron chi connectivity index (χ2n) is 6.70. The lowest BCUT2D eigenvalue weighted by atomic mass is 10.1. The molecule has 3 aromatic rings. The van der Waals surface area contributed by atoms with Crippen molar-refractivity contribution in [3.8, 4) is 11.4 Å². The molecule has 0 fully saturated rings. The molecule has 0 aliphatic rings. The molecule has 0 atom stereocenters. The standard InChI is InChI=1S/C22H23N3O2/c1-14-10-18(11-15(2)21(14)26)13-23-24-22(27)19-6-5-7-20(12-19)25-16(3)8-9-17(25)4/h5-13,26H,1-4H3,(H,24,27)/b23-13+. The van der Waals surface area contributed by atoms with Crippen molar-refractivity contribution in [2.45, 2.75) is 27.7 Å². The van der Waals surface area contributed by atoms with E-state index in [4.69, 9.17) is 0 Å². The Balaban J connectivity index is 1.76. The lowest BCUT2D eigenvalue weighted by Gasteiger charge is -2.10. The summed E-state index contributed by atoms with van der Waals surface area (Å²) < 4.78 is 2.10. The first-order valence-electron chi connectivity index (χ1n) is 8.76. The summed E-state index contributed by atoms with van der Waals surface area (Å²) in [4.78, 5) is 12.4. The maximum Gasteiger partial charge on any atom is 0.271 e. The summed E-state index contributed by atoms with van der Waals surface area (Å²) in [5, 5.41) is 13.9. The summed E-state index contributed by atoms with van der Waals surface area (Å²) in [5.74, 6) is 0.00591. The highest BCUT2D eigenvalue weighted by Gasteiger charge is 2.09. The highest BCUT2D eigenvalue weighted by molar-refractivity contribution is 5.95. The summed E-state index contributed by atoms with van der Waals surface area (Å²) in [6.07, 6.45) is 1.57. The van der Waals surface area contributed by atoms with Crippen LogP contribution in [0.2, 0.25) is 0 Å². The number of hydrogen-bond acceptors (Lipinski definition) is 3. The van der Waals surface area contributed by atoms with Crippen molar-refractivity contribution in [2.24, 2.45) is 5.10 Å². The zero-order chi connectivity index (χ0) is 19.6. The molecule has 1 amide bonds. The topological polar surface area (TPSA) is 66.6 Å². The van der Waals surface area contributed by atoms with Crippen LogP contribution in [0.3, 0.4) is 0 Å². The number of carbonyl (C=O) groups excluding carboxylic acids is 1. The zero-order valence-corrected chi connectivity index (χ0v) is 15.9. The fraction of sp³-hybridized carbons (Fsp3) is 0.182. The van der Waals surface area contributed by atoms with Gasteiger partial charge in [-0.15, -0.1) is 0 Å². The number of benzene rings is 2. The molecule has 0 aliphatic heterocycles. The van der Waals surface area contributed by atoms with E-state index in [0.717, 1.165) is 33.8 Å². The van der Waals surface area contributed by atoms with Gasteiger partial charge >= 0.3 is 0 Å². The number of aromatic hydroxyl groups is 1. The first-order valence-corrected chi connectivity index (χ1v) is 8.76. The first-order chi connectivity index (χ1) is 12.9. The molecular formula is C22H23N3O2. The van der Waals surface area contributed by atoms with Crippen molar-refractivity contribution in [3.63, 3.8) is 0 Å². The average Bonchev–Trinajstić information content (AvgIpc) is 2.98. The maximum absolute atomic E-state index is 12.4. The molecule has 0 saturated carbocycles. The number of nitrogens with one attached hydrogen (secondary N) is 1. The molecule has 0 bridgehead atoms. The number of aromatic nitrogens is 1. The number of carbonyl (C=O) groups is 1. The van der Waals surface area contributed by atoms with Gasteiger partial charge in [0, 0.05) is 22.6 Å². The van der Waals surface area contributed by atoms with E-state index in [2.05, 4.69) is 15.1 Å². The number of aryl methyl sites for hydroxylation is 4. The molecule has 5 heteroatoms. The summed E-state index contributed by atoms with van der Waals surface area (Å²) in [6.45, 7) is 7.72. The van der Waals surface area contributed by atoms with Gasteiger partial charge in [0.05, 0.1) is 6.21 Å². The van der Waals surface area contributed by atoms with Gasteiger partial charge in [-0.1, -0.05) is 6.07 Å². The van der Waals surface area contributed by atoms with E-state index >= 15 is 0 Å². The second-order valence-corrected chi connectivity index (χ2v) is 6.70. The number of rotatable bonds is 4. The Morgan fingerprint density at radius 1 is 1.00 bits per heavy atom. The van der Waals surface area contributed by atoms with Crippen molar-refractivity contribution in [1.82, 2.24) is 9.99 Å². The highest BCUT2D eigenvalue weighted by Crippen LogP contribution is 2.22. The van der Waals surface area contributed by atoms with Gasteiger partial charge in [0.2, 0.25) is 0 Å². The molecular weight excluding hydrogens is 338 g/mol. The van der Waals surface area contributed by atoms with Gasteiger partial charge in [-0.2, -0.15) is 5.10 Å². The Labute approximate surface area is 159 Å². The Morgan fingerprint density at radius 3 is 2.26 bits per heavy atom. The minimum absolute atomic E-state index is 0.275. The van der Waals surface area contributed by atoms with E-state index in [1.54, 1.807) is 12.3 Å². The summed E-state index contributed by atoms with van der Waals surface area (Å²) >= 11 is 0. The lowest BCUT2D eigenvalue weighted by molar-refractivity contribution is 0.0955. The van der Waals surface area contributed by atoms with Gasteiger partial charge in [0.25, 0.3) is 5.91 Å². The molecule has 3 rings (SSSR count). The van der Waals surface area contributed by atoms with Crippen molar-refractivity contribution >= 4 is 12.1 Å². The largest absolute Gasteiger partial charge is 0.507 e. The van der Waals surface area contributed by atoms with Crippen LogP contribution in [0.5, 0.6) is 5.75 Å². The third kappa shape index (κ3) is 3.92. The Hall–Kier alpha value is -3.34. The molecule has 0 unspecified atom stereocenters. The Bertz CT molecular complexity index is 989. The molecule has 138 valence electrons. The fourth-order valence-electron chi connectivity index (χ4n) is 3.16. The summed E-state index contributed by atoms with van der Waals surface area (Å²) in [6, 6.07) is 15.2. The van der Waals surface area contributed by atoms with E-state index in [9.17, 15) is 9.90 Å². The van der Waals surface area contributed by atoms with Crippen LogP contribution in [-0.2, 0) is 0 Å². The molecule has 0 aliphatic carbocycles. The normalized spacial score (nSPS) is 11.1. The molecule has 27 heavy (non-hydrogen) atoms. The van der Waals surface area contributed by atoms with Crippen LogP contribution in [0, 0.1) is 27.7 Å². The lowest BCUT2D eigenvalue weighted by Crippen LogP contribution is -2.18. The van der Waals surface area contributed by atoms with Gasteiger partial charge in [0.15, 0.2) is 0 Å².